The Morgan fingerprint density at radius 2 is 2.35 bits per heavy atom. The molecule has 1 fully saturated rings. The minimum Gasteiger partial charge on any atom is -0.394 e. The van der Waals surface area contributed by atoms with E-state index in [2.05, 4.69) is 0 Å². The van der Waals surface area contributed by atoms with Crippen molar-refractivity contribution in [2.24, 2.45) is 0 Å². The summed E-state index contributed by atoms with van der Waals surface area (Å²) in [4.78, 5) is 2.04. The smallest absolute Gasteiger partial charge is 0.129 e. The highest BCUT2D eigenvalue weighted by atomic mass is 35.5. The maximum Gasteiger partial charge on any atom is 0.129 e. The molecule has 5 heteroatoms. The van der Waals surface area contributed by atoms with Crippen LogP contribution in [0.1, 0.15) is 5.56 Å². The first-order valence-electron chi connectivity index (χ1n) is 5.58. The second-order valence-electron chi connectivity index (χ2n) is 4.11. The number of ether oxygens (including phenoxy) is 1. The third-order valence-electron chi connectivity index (χ3n) is 2.87. The van der Waals surface area contributed by atoms with Crippen molar-refractivity contribution in [3.8, 4) is 0 Å². The molecule has 0 radical (unpaired) electrons. The molecule has 1 N–H and O–H groups in total. The molecule has 1 aliphatic rings. The average molecular weight is 260 g/mol. The summed E-state index contributed by atoms with van der Waals surface area (Å²) in [5.41, 5.74) is 0.507. The second kappa shape index (κ2) is 5.78. The van der Waals surface area contributed by atoms with Gasteiger partial charge in [0.1, 0.15) is 5.82 Å². The monoisotopic (exact) mass is 259 g/mol. The third-order valence-corrected chi connectivity index (χ3v) is 3.22. The van der Waals surface area contributed by atoms with Gasteiger partial charge in [-0.25, -0.2) is 4.39 Å². The topological polar surface area (TPSA) is 32.7 Å². The van der Waals surface area contributed by atoms with Crippen LogP contribution in [-0.2, 0) is 11.3 Å². The van der Waals surface area contributed by atoms with Crippen LogP contribution in [0.4, 0.5) is 4.39 Å². The largest absolute Gasteiger partial charge is 0.394 e. The predicted molar refractivity (Wildman–Crippen MR) is 63.5 cm³/mol. The van der Waals surface area contributed by atoms with E-state index in [1.165, 1.54) is 6.07 Å². The summed E-state index contributed by atoms with van der Waals surface area (Å²) in [6, 6.07) is 4.69. The Kier molecular flexibility index (Phi) is 4.34. The minimum absolute atomic E-state index is 0.0124. The standard InChI is InChI=1S/C12H15ClFNO2/c13-11-2-1-3-12(14)10(11)7-15-4-5-17-9(6-15)8-16/h1-3,9,16H,4-8H2. The van der Waals surface area contributed by atoms with Crippen molar-refractivity contribution in [3.05, 3.63) is 34.6 Å². The first kappa shape index (κ1) is 12.8. The van der Waals surface area contributed by atoms with E-state index in [0.717, 1.165) is 6.54 Å². The minimum atomic E-state index is -0.287. The van der Waals surface area contributed by atoms with Crippen molar-refractivity contribution in [2.45, 2.75) is 12.6 Å². The number of benzene rings is 1. The van der Waals surface area contributed by atoms with Crippen LogP contribution in [0.15, 0.2) is 18.2 Å². The Bertz CT molecular complexity index is 369. The van der Waals surface area contributed by atoms with Crippen LogP contribution in [0.2, 0.25) is 5.02 Å². The van der Waals surface area contributed by atoms with Crippen molar-refractivity contribution >= 4 is 11.6 Å². The average Bonchev–Trinajstić information content (AvgIpc) is 2.34. The van der Waals surface area contributed by atoms with Gasteiger partial charge < -0.3 is 9.84 Å². The van der Waals surface area contributed by atoms with E-state index in [-0.39, 0.29) is 18.5 Å². The third kappa shape index (κ3) is 3.16. The maximum atomic E-state index is 13.6. The summed E-state index contributed by atoms with van der Waals surface area (Å²) in [6.45, 7) is 2.31. The van der Waals surface area contributed by atoms with Crippen molar-refractivity contribution in [1.29, 1.82) is 0 Å². The van der Waals surface area contributed by atoms with Crippen LogP contribution < -0.4 is 0 Å². The highest BCUT2D eigenvalue weighted by Crippen LogP contribution is 2.21. The molecule has 0 spiro atoms. The maximum absolute atomic E-state index is 13.6. The van der Waals surface area contributed by atoms with Gasteiger partial charge in [0, 0.05) is 30.2 Å². The van der Waals surface area contributed by atoms with Crippen molar-refractivity contribution in [1.82, 2.24) is 4.90 Å². The Morgan fingerprint density at radius 1 is 1.53 bits per heavy atom. The van der Waals surface area contributed by atoms with Crippen molar-refractivity contribution < 1.29 is 14.2 Å². The molecule has 1 saturated heterocycles. The summed E-state index contributed by atoms with van der Waals surface area (Å²) in [7, 11) is 0. The molecule has 0 amide bonds. The number of nitrogens with zero attached hydrogens (tertiary/aromatic N) is 1. The summed E-state index contributed by atoms with van der Waals surface area (Å²) in [6.07, 6.45) is -0.186. The fourth-order valence-electron chi connectivity index (χ4n) is 1.94. The molecule has 94 valence electrons. The molecule has 1 atom stereocenters. The molecule has 0 saturated carbocycles. The van der Waals surface area contributed by atoms with Gasteiger partial charge in [0.05, 0.1) is 19.3 Å². The summed E-state index contributed by atoms with van der Waals surface area (Å²) < 4.78 is 18.9. The van der Waals surface area contributed by atoms with Crippen LogP contribution in [0, 0.1) is 5.82 Å². The first-order chi connectivity index (χ1) is 8.20. The molecule has 0 bridgehead atoms. The summed E-state index contributed by atoms with van der Waals surface area (Å²) >= 11 is 5.97. The lowest BCUT2D eigenvalue weighted by atomic mass is 10.1. The van der Waals surface area contributed by atoms with Crippen LogP contribution in [0.25, 0.3) is 0 Å². The molecular weight excluding hydrogens is 245 g/mol. The van der Waals surface area contributed by atoms with Crippen molar-refractivity contribution in [3.63, 3.8) is 0 Å². The number of hydrogen-bond acceptors (Lipinski definition) is 3. The number of hydrogen-bond donors (Lipinski definition) is 1. The van der Waals surface area contributed by atoms with E-state index >= 15 is 0 Å². The van der Waals surface area contributed by atoms with Crippen molar-refractivity contribution in [2.75, 3.05) is 26.3 Å². The van der Waals surface area contributed by atoms with Crippen LogP contribution in [-0.4, -0.2) is 42.4 Å². The van der Waals surface area contributed by atoms with Gasteiger partial charge in [0.15, 0.2) is 0 Å². The normalized spacial score (nSPS) is 21.7. The van der Waals surface area contributed by atoms with Gasteiger partial charge in [-0.1, -0.05) is 17.7 Å². The molecule has 1 aliphatic heterocycles. The predicted octanol–water partition coefficient (Wildman–Crippen LogP) is 1.67. The van der Waals surface area contributed by atoms with E-state index in [1.54, 1.807) is 12.1 Å². The van der Waals surface area contributed by atoms with Gasteiger partial charge in [0.2, 0.25) is 0 Å². The molecule has 1 unspecified atom stereocenters. The Balaban J connectivity index is 2.05. The van der Waals surface area contributed by atoms with Gasteiger partial charge in [-0.3, -0.25) is 4.90 Å². The summed E-state index contributed by atoms with van der Waals surface area (Å²) in [5, 5.41) is 9.47. The molecule has 1 aromatic rings. The van der Waals surface area contributed by atoms with Gasteiger partial charge in [-0.15, -0.1) is 0 Å². The van der Waals surface area contributed by atoms with E-state index in [4.69, 9.17) is 21.4 Å². The molecule has 0 aliphatic carbocycles. The zero-order valence-corrected chi connectivity index (χ0v) is 10.2. The van der Waals surface area contributed by atoms with E-state index in [0.29, 0.717) is 30.3 Å². The quantitative estimate of drug-likeness (QED) is 0.896. The lowest BCUT2D eigenvalue weighted by Crippen LogP contribution is -2.43. The lowest BCUT2D eigenvalue weighted by Gasteiger charge is -2.32. The molecule has 2 rings (SSSR count). The molecular formula is C12H15ClFNO2. The van der Waals surface area contributed by atoms with E-state index in [1.807, 2.05) is 4.90 Å². The second-order valence-corrected chi connectivity index (χ2v) is 4.52. The molecule has 1 aromatic carbocycles. The zero-order chi connectivity index (χ0) is 12.3. The molecule has 17 heavy (non-hydrogen) atoms. The SMILES string of the molecule is OCC1CN(Cc2c(F)cccc2Cl)CCO1. The number of rotatable bonds is 3. The van der Waals surface area contributed by atoms with Gasteiger partial charge in [-0.2, -0.15) is 0 Å². The van der Waals surface area contributed by atoms with E-state index in [9.17, 15) is 4.39 Å². The Hall–Kier alpha value is -0.680. The van der Waals surface area contributed by atoms with Crippen LogP contribution in [0.3, 0.4) is 0 Å². The highest BCUT2D eigenvalue weighted by Gasteiger charge is 2.21. The van der Waals surface area contributed by atoms with E-state index < -0.39 is 0 Å². The Labute approximate surface area is 105 Å². The van der Waals surface area contributed by atoms with Gasteiger partial charge in [0.25, 0.3) is 0 Å². The zero-order valence-electron chi connectivity index (χ0n) is 9.40. The fourth-order valence-corrected chi connectivity index (χ4v) is 2.16. The van der Waals surface area contributed by atoms with Gasteiger partial charge in [-0.05, 0) is 12.1 Å². The highest BCUT2D eigenvalue weighted by molar-refractivity contribution is 6.31. The first-order valence-corrected chi connectivity index (χ1v) is 5.96. The number of aliphatic hydroxyl groups is 1. The van der Waals surface area contributed by atoms with Crippen LogP contribution >= 0.6 is 11.6 Å². The molecule has 3 nitrogen and oxygen atoms in total. The van der Waals surface area contributed by atoms with Crippen LogP contribution in [0.5, 0.6) is 0 Å². The lowest BCUT2D eigenvalue weighted by molar-refractivity contribution is -0.0553. The van der Waals surface area contributed by atoms with Gasteiger partial charge >= 0.3 is 0 Å². The molecule has 0 aromatic heterocycles. The Morgan fingerprint density at radius 3 is 3.06 bits per heavy atom. The molecule has 1 heterocycles. The fraction of sp³-hybridized carbons (Fsp3) is 0.500. The number of halogens is 2. The summed E-state index contributed by atoms with van der Waals surface area (Å²) in [5.74, 6) is -0.287. The number of aliphatic hydroxyl groups excluding tert-OH is 1. The number of morpholine rings is 1.